The molecule has 0 aromatic heterocycles. The van der Waals surface area contributed by atoms with Gasteiger partial charge in [0.05, 0.1) is 6.61 Å². The van der Waals surface area contributed by atoms with Gasteiger partial charge in [0.25, 0.3) is 0 Å². The van der Waals surface area contributed by atoms with Gasteiger partial charge in [0, 0.05) is 0 Å². The maximum atomic E-state index is 10.5. The molecule has 5 N–H and O–H groups in total. The van der Waals surface area contributed by atoms with Crippen LogP contribution in [0, 0.1) is 0 Å². The molecule has 0 unspecified atom stereocenters. The van der Waals surface area contributed by atoms with Crippen molar-refractivity contribution < 1.29 is 30.3 Å². The summed E-state index contributed by atoms with van der Waals surface area (Å²) in [5, 5.41) is 43.1. The van der Waals surface area contributed by atoms with Gasteiger partial charge in [-0.15, -0.1) is 12.4 Å². The zero-order chi connectivity index (χ0) is 9.72. The Morgan fingerprint density at radius 3 is 1.92 bits per heavy atom. The van der Waals surface area contributed by atoms with Gasteiger partial charge in [0.1, 0.15) is 24.9 Å². The molecule has 0 bridgehead atoms. The molecule has 0 heterocycles. The largest absolute Gasteiger partial charge is 0.394 e. The Bertz CT molecular complexity index is 152. The van der Waals surface area contributed by atoms with Crippen LogP contribution < -0.4 is 0 Å². The summed E-state index contributed by atoms with van der Waals surface area (Å²) >= 11 is 0. The van der Waals surface area contributed by atoms with Crippen LogP contribution in [0.2, 0.25) is 0 Å². The Morgan fingerprint density at radius 1 is 1.15 bits per heavy atom. The number of halogens is 1. The van der Waals surface area contributed by atoms with E-state index < -0.39 is 37.3 Å². The van der Waals surface area contributed by atoms with Crippen molar-refractivity contribution >= 4 is 18.2 Å². The van der Waals surface area contributed by atoms with Crippen molar-refractivity contribution in [2.24, 2.45) is 0 Å². The molecule has 0 aromatic carbocycles. The first-order valence-corrected chi connectivity index (χ1v) is 3.33. The fraction of sp³-hybridized carbons (Fsp3) is 0.833. The Morgan fingerprint density at radius 2 is 1.62 bits per heavy atom. The van der Waals surface area contributed by atoms with Crippen LogP contribution >= 0.6 is 12.4 Å². The molecular weight excluding hydrogens is 204 g/mol. The lowest BCUT2D eigenvalue weighted by atomic mass is 10.1. The minimum Gasteiger partial charge on any atom is -0.394 e. The van der Waals surface area contributed by atoms with E-state index in [2.05, 4.69) is 0 Å². The van der Waals surface area contributed by atoms with Crippen LogP contribution in [0.15, 0.2) is 0 Å². The molecule has 13 heavy (non-hydrogen) atoms. The van der Waals surface area contributed by atoms with E-state index in [1.807, 2.05) is 0 Å². The number of carbonyl (C=O) groups is 1. The van der Waals surface area contributed by atoms with Gasteiger partial charge in [0.15, 0.2) is 5.78 Å². The lowest BCUT2D eigenvalue weighted by Crippen LogP contribution is -2.44. The molecule has 7 heteroatoms. The van der Waals surface area contributed by atoms with Gasteiger partial charge < -0.3 is 25.5 Å². The molecule has 80 valence electrons. The Kier molecular flexibility index (Phi) is 8.43. The van der Waals surface area contributed by atoms with E-state index in [0.29, 0.717) is 0 Å². The highest BCUT2D eigenvalue weighted by Crippen LogP contribution is 2.00. The fourth-order valence-electron chi connectivity index (χ4n) is 0.602. The third-order valence-electron chi connectivity index (χ3n) is 1.39. The number of ketones is 1. The Hall–Kier alpha value is -0.240. The van der Waals surface area contributed by atoms with Gasteiger partial charge in [-0.1, -0.05) is 0 Å². The van der Waals surface area contributed by atoms with Crippen molar-refractivity contribution in [1.29, 1.82) is 0 Å². The molecule has 0 saturated carbocycles. The van der Waals surface area contributed by atoms with Crippen molar-refractivity contribution in [2.45, 2.75) is 18.3 Å². The van der Waals surface area contributed by atoms with Gasteiger partial charge in [-0.25, -0.2) is 0 Å². The van der Waals surface area contributed by atoms with Crippen LogP contribution in [0.1, 0.15) is 0 Å². The third-order valence-corrected chi connectivity index (χ3v) is 1.39. The fourth-order valence-corrected chi connectivity index (χ4v) is 0.602. The molecule has 0 aliphatic heterocycles. The lowest BCUT2D eigenvalue weighted by Gasteiger charge is -2.19. The van der Waals surface area contributed by atoms with E-state index in [4.69, 9.17) is 25.5 Å². The molecule has 3 atom stereocenters. The highest BCUT2D eigenvalue weighted by Gasteiger charge is 2.28. The van der Waals surface area contributed by atoms with Crippen molar-refractivity contribution in [3.8, 4) is 0 Å². The third kappa shape index (κ3) is 4.51. The van der Waals surface area contributed by atoms with Crippen LogP contribution in [0.4, 0.5) is 0 Å². The zero-order valence-electron chi connectivity index (χ0n) is 6.70. The van der Waals surface area contributed by atoms with E-state index in [0.717, 1.165) is 0 Å². The summed E-state index contributed by atoms with van der Waals surface area (Å²) < 4.78 is 0. The molecule has 0 aromatic rings. The highest BCUT2D eigenvalue weighted by molar-refractivity contribution is 5.85. The number of Topliss-reactive ketones (excluding diaryl/α,β-unsaturated/α-hetero) is 1. The number of hydrogen-bond donors (Lipinski definition) is 5. The predicted octanol–water partition coefficient (Wildman–Crippen LogP) is -2.96. The second kappa shape index (κ2) is 7.19. The summed E-state index contributed by atoms with van der Waals surface area (Å²) in [5.74, 6) is -1.00. The van der Waals surface area contributed by atoms with Crippen LogP contribution in [0.25, 0.3) is 0 Å². The molecule has 0 rings (SSSR count). The van der Waals surface area contributed by atoms with Crippen molar-refractivity contribution in [3.63, 3.8) is 0 Å². The van der Waals surface area contributed by atoms with Crippen molar-refractivity contribution in [3.05, 3.63) is 0 Å². The molecule has 0 saturated heterocycles. The van der Waals surface area contributed by atoms with Crippen molar-refractivity contribution in [1.82, 2.24) is 0 Å². The maximum Gasteiger partial charge on any atom is 0.189 e. The SMILES string of the molecule is Cl.O=C(CO)[C@@H](O)[C@@H](O)[C@H](O)CO. The number of aliphatic hydroxyl groups excluding tert-OH is 5. The Balaban J connectivity index is 0. The van der Waals surface area contributed by atoms with Gasteiger partial charge in [0.2, 0.25) is 0 Å². The normalized spacial score (nSPS) is 17.0. The summed E-state index contributed by atoms with van der Waals surface area (Å²) in [6, 6.07) is 0. The monoisotopic (exact) mass is 216 g/mol. The molecule has 0 aliphatic carbocycles. The van der Waals surface area contributed by atoms with Crippen molar-refractivity contribution in [2.75, 3.05) is 13.2 Å². The first kappa shape index (κ1) is 15.2. The highest BCUT2D eigenvalue weighted by atomic mass is 35.5. The summed E-state index contributed by atoms with van der Waals surface area (Å²) in [6.07, 6.45) is -5.22. The van der Waals surface area contributed by atoms with E-state index in [1.54, 1.807) is 0 Å². The summed E-state index contributed by atoms with van der Waals surface area (Å²) in [4.78, 5) is 10.5. The predicted molar refractivity (Wildman–Crippen MR) is 44.4 cm³/mol. The van der Waals surface area contributed by atoms with E-state index >= 15 is 0 Å². The van der Waals surface area contributed by atoms with E-state index in [1.165, 1.54) is 0 Å². The molecule has 0 fully saturated rings. The van der Waals surface area contributed by atoms with E-state index in [9.17, 15) is 4.79 Å². The number of rotatable bonds is 5. The maximum absolute atomic E-state index is 10.5. The van der Waals surface area contributed by atoms with Gasteiger partial charge in [-0.05, 0) is 0 Å². The average Bonchev–Trinajstić information content (AvgIpc) is 2.12. The molecule has 6 nitrogen and oxygen atoms in total. The molecule has 0 aliphatic rings. The van der Waals surface area contributed by atoms with Gasteiger partial charge in [-0.2, -0.15) is 0 Å². The minimum atomic E-state index is -1.86. The Labute approximate surface area is 80.8 Å². The quantitative estimate of drug-likeness (QED) is 0.335. The van der Waals surface area contributed by atoms with Crippen LogP contribution in [0.5, 0.6) is 0 Å². The molecular formula is C6H13ClO6. The smallest absolute Gasteiger partial charge is 0.189 e. The zero-order valence-corrected chi connectivity index (χ0v) is 7.52. The van der Waals surface area contributed by atoms with E-state index in [-0.39, 0.29) is 12.4 Å². The number of carbonyl (C=O) groups excluding carboxylic acids is 1. The average molecular weight is 217 g/mol. The molecule has 0 radical (unpaired) electrons. The standard InChI is InChI=1S/C6H12O6.ClH/c7-1-3(9)5(11)6(12)4(10)2-8;/h3,5-9,11-12H,1-2H2;1H/t3-,5+,6-;/m1./s1. The van der Waals surface area contributed by atoms with Gasteiger partial charge in [-0.3, -0.25) is 4.79 Å². The number of aliphatic hydroxyl groups is 5. The summed E-state index contributed by atoms with van der Waals surface area (Å²) in [6.45, 7) is -1.69. The number of hydrogen-bond acceptors (Lipinski definition) is 6. The summed E-state index contributed by atoms with van der Waals surface area (Å²) in [5.41, 5.74) is 0. The minimum absolute atomic E-state index is 0. The summed E-state index contributed by atoms with van der Waals surface area (Å²) in [7, 11) is 0. The van der Waals surface area contributed by atoms with Gasteiger partial charge >= 0.3 is 0 Å². The lowest BCUT2D eigenvalue weighted by molar-refractivity contribution is -0.142. The second-order valence-corrected chi connectivity index (χ2v) is 2.31. The van der Waals surface area contributed by atoms with Crippen LogP contribution in [0.3, 0.4) is 0 Å². The second-order valence-electron chi connectivity index (χ2n) is 2.31. The molecule has 0 spiro atoms. The van der Waals surface area contributed by atoms with Crippen LogP contribution in [-0.4, -0.2) is 62.8 Å². The first-order valence-electron chi connectivity index (χ1n) is 3.33. The first-order chi connectivity index (χ1) is 5.54. The van der Waals surface area contributed by atoms with Crippen LogP contribution in [-0.2, 0) is 4.79 Å². The topological polar surface area (TPSA) is 118 Å². The molecule has 0 amide bonds.